The Morgan fingerprint density at radius 1 is 1.16 bits per heavy atom. The van der Waals surface area contributed by atoms with Gasteiger partial charge in [0.15, 0.2) is 0 Å². The summed E-state index contributed by atoms with van der Waals surface area (Å²) >= 11 is 3.97. The number of carboxylic acid groups (broad SMARTS) is 1. The minimum atomic E-state index is -1.06. The lowest BCUT2D eigenvalue weighted by Gasteiger charge is -2.34. The van der Waals surface area contributed by atoms with Gasteiger partial charge in [-0.05, 0) is 0 Å². The molecule has 3 N–H and O–H groups in total. The number of carboxylic acids is 1. The fourth-order valence-corrected chi connectivity index (χ4v) is 2.67. The Kier molecular flexibility index (Phi) is 10.5. The zero-order valence-corrected chi connectivity index (χ0v) is 15.1. The van der Waals surface area contributed by atoms with Gasteiger partial charge in [0.25, 0.3) is 0 Å². The lowest BCUT2D eigenvalue weighted by Crippen LogP contribution is -2.50. The number of hydrogen-bond donors (Lipinski definition) is 4. The molecular formula is C15H27N3O6S. The van der Waals surface area contributed by atoms with Gasteiger partial charge in [-0.3, -0.25) is 19.3 Å². The molecule has 0 spiro atoms. The molecule has 1 rings (SSSR count). The van der Waals surface area contributed by atoms with Crippen molar-refractivity contribution in [3.63, 3.8) is 0 Å². The fraction of sp³-hybridized carbons (Fsp3) is 0.800. The summed E-state index contributed by atoms with van der Waals surface area (Å²) in [5.41, 5.74) is 0. The second kappa shape index (κ2) is 12.1. The maximum atomic E-state index is 12.0. The zero-order valence-electron chi connectivity index (χ0n) is 14.2. The van der Waals surface area contributed by atoms with Gasteiger partial charge in [-0.25, -0.2) is 0 Å². The second-order valence-corrected chi connectivity index (χ2v) is 6.34. The van der Waals surface area contributed by atoms with E-state index in [9.17, 15) is 14.4 Å². The number of carbonyl (C=O) groups is 3. The molecule has 1 fully saturated rings. The van der Waals surface area contributed by atoms with E-state index >= 15 is 0 Å². The van der Waals surface area contributed by atoms with Gasteiger partial charge in [0.1, 0.15) is 0 Å². The van der Waals surface area contributed by atoms with Crippen LogP contribution < -0.4 is 5.32 Å². The first kappa shape index (κ1) is 21.7. The third-order valence-electron chi connectivity index (χ3n) is 3.82. The number of aliphatic hydroxyl groups excluding tert-OH is 1. The molecule has 1 atom stereocenters. The highest BCUT2D eigenvalue weighted by Gasteiger charge is 2.21. The average molecular weight is 377 g/mol. The van der Waals surface area contributed by atoms with Crippen LogP contribution in [0.1, 0.15) is 12.8 Å². The summed E-state index contributed by atoms with van der Waals surface area (Å²) in [4.78, 5) is 38.1. The summed E-state index contributed by atoms with van der Waals surface area (Å²) in [5.74, 6) is -1.40. The van der Waals surface area contributed by atoms with Gasteiger partial charge in [0.05, 0.1) is 37.9 Å². The number of thiol groups is 1. The average Bonchev–Trinajstić information content (AvgIpc) is 2.58. The maximum Gasteiger partial charge on any atom is 0.304 e. The minimum absolute atomic E-state index is 0.0393. The van der Waals surface area contributed by atoms with Crippen LogP contribution in [0.5, 0.6) is 0 Å². The summed E-state index contributed by atoms with van der Waals surface area (Å²) in [7, 11) is 0. The van der Waals surface area contributed by atoms with Gasteiger partial charge in [0.2, 0.25) is 11.8 Å². The van der Waals surface area contributed by atoms with E-state index in [-0.39, 0.29) is 31.4 Å². The van der Waals surface area contributed by atoms with Crippen molar-refractivity contribution in [3.05, 3.63) is 0 Å². The predicted octanol–water partition coefficient (Wildman–Crippen LogP) is -1.58. The quantitative estimate of drug-likeness (QED) is 0.253. The molecule has 0 aromatic rings. The van der Waals surface area contributed by atoms with E-state index in [0.29, 0.717) is 39.2 Å². The van der Waals surface area contributed by atoms with Crippen molar-refractivity contribution in [3.8, 4) is 0 Å². The Morgan fingerprint density at radius 3 is 2.44 bits per heavy atom. The summed E-state index contributed by atoms with van der Waals surface area (Å²) in [6.07, 6.45) is 0.000711. The topological polar surface area (TPSA) is 119 Å². The molecule has 1 unspecified atom stereocenters. The highest BCUT2D eigenvalue weighted by Crippen LogP contribution is 2.04. The number of ether oxygens (including phenoxy) is 1. The van der Waals surface area contributed by atoms with Crippen molar-refractivity contribution in [2.75, 3.05) is 59.1 Å². The number of aliphatic hydroxyl groups is 1. The number of hydrogen-bond acceptors (Lipinski definition) is 7. The van der Waals surface area contributed by atoms with E-state index in [1.807, 2.05) is 0 Å². The van der Waals surface area contributed by atoms with Crippen molar-refractivity contribution in [2.45, 2.75) is 18.1 Å². The van der Waals surface area contributed by atoms with E-state index in [1.165, 1.54) is 0 Å². The summed E-state index contributed by atoms with van der Waals surface area (Å²) in [5, 5.41) is 19.0. The van der Waals surface area contributed by atoms with Crippen LogP contribution in [0.2, 0.25) is 0 Å². The van der Waals surface area contributed by atoms with Crippen LogP contribution >= 0.6 is 12.6 Å². The van der Waals surface area contributed by atoms with E-state index < -0.39 is 11.2 Å². The monoisotopic (exact) mass is 377 g/mol. The number of rotatable bonds is 11. The van der Waals surface area contributed by atoms with Crippen molar-refractivity contribution in [1.82, 2.24) is 15.1 Å². The van der Waals surface area contributed by atoms with E-state index in [1.54, 1.807) is 4.90 Å². The lowest BCUT2D eigenvalue weighted by molar-refractivity contribution is -0.138. The summed E-state index contributed by atoms with van der Waals surface area (Å²) in [6.45, 7) is 4.26. The highest BCUT2D eigenvalue weighted by atomic mass is 32.1. The fourth-order valence-electron chi connectivity index (χ4n) is 2.42. The predicted molar refractivity (Wildman–Crippen MR) is 93.6 cm³/mol. The smallest absolute Gasteiger partial charge is 0.304 e. The first-order valence-corrected chi connectivity index (χ1v) is 8.82. The van der Waals surface area contributed by atoms with Crippen LogP contribution in [-0.4, -0.2) is 102 Å². The highest BCUT2D eigenvalue weighted by molar-refractivity contribution is 7.81. The van der Waals surface area contributed by atoms with Gasteiger partial charge >= 0.3 is 5.97 Å². The maximum absolute atomic E-state index is 12.0. The van der Waals surface area contributed by atoms with Crippen LogP contribution in [0.25, 0.3) is 0 Å². The number of nitrogens with one attached hydrogen (secondary N) is 1. The molecule has 144 valence electrons. The van der Waals surface area contributed by atoms with Crippen molar-refractivity contribution >= 4 is 30.4 Å². The first-order valence-electron chi connectivity index (χ1n) is 8.30. The SMILES string of the molecule is O=C(O)CC(S)C(=O)NCCN1CCN(C(=O)CCOCCO)CC1. The van der Waals surface area contributed by atoms with Crippen LogP contribution in [0, 0.1) is 0 Å². The van der Waals surface area contributed by atoms with Crippen molar-refractivity contribution < 1.29 is 29.3 Å². The molecule has 1 aliphatic heterocycles. The molecule has 0 radical (unpaired) electrons. The van der Waals surface area contributed by atoms with Gasteiger partial charge in [-0.2, -0.15) is 12.6 Å². The second-order valence-electron chi connectivity index (χ2n) is 5.71. The van der Waals surface area contributed by atoms with E-state index in [4.69, 9.17) is 14.9 Å². The van der Waals surface area contributed by atoms with Gasteiger partial charge in [-0.1, -0.05) is 0 Å². The van der Waals surface area contributed by atoms with Gasteiger partial charge in [0, 0.05) is 39.3 Å². The Bertz CT molecular complexity index is 443. The number of carbonyl (C=O) groups excluding carboxylic acids is 2. The van der Waals surface area contributed by atoms with Crippen molar-refractivity contribution in [1.29, 1.82) is 0 Å². The molecule has 25 heavy (non-hydrogen) atoms. The van der Waals surface area contributed by atoms with E-state index in [0.717, 1.165) is 13.1 Å². The third kappa shape index (κ3) is 9.05. The van der Waals surface area contributed by atoms with Crippen molar-refractivity contribution in [2.24, 2.45) is 0 Å². The molecule has 9 nitrogen and oxygen atoms in total. The van der Waals surface area contributed by atoms with Crippen LogP contribution in [0.3, 0.4) is 0 Å². The molecule has 0 aromatic carbocycles. The molecule has 1 aliphatic rings. The number of nitrogens with zero attached hydrogens (tertiary/aromatic N) is 2. The third-order valence-corrected chi connectivity index (χ3v) is 4.24. The molecule has 0 aromatic heterocycles. The Labute approximate surface area is 152 Å². The van der Waals surface area contributed by atoms with Crippen LogP contribution in [-0.2, 0) is 19.1 Å². The Hall–Kier alpha value is -1.36. The number of amides is 2. The number of piperazine rings is 1. The molecule has 0 bridgehead atoms. The largest absolute Gasteiger partial charge is 0.481 e. The van der Waals surface area contributed by atoms with Crippen LogP contribution in [0.4, 0.5) is 0 Å². The summed E-state index contributed by atoms with van der Waals surface area (Å²) < 4.78 is 5.09. The molecule has 0 aliphatic carbocycles. The Balaban J connectivity index is 2.15. The Morgan fingerprint density at radius 2 is 1.84 bits per heavy atom. The normalized spacial score (nSPS) is 16.5. The molecule has 10 heteroatoms. The molecule has 2 amide bonds. The standard InChI is InChI=1S/C15H27N3O6S/c19-8-10-24-9-1-13(20)18-6-4-17(5-7-18)3-2-16-15(23)12(25)11-14(21)22/h12,19,25H,1-11H2,(H,16,23)(H,21,22). The van der Waals surface area contributed by atoms with E-state index in [2.05, 4.69) is 22.8 Å². The number of aliphatic carboxylic acids is 1. The zero-order chi connectivity index (χ0) is 18.7. The van der Waals surface area contributed by atoms with Crippen LogP contribution in [0.15, 0.2) is 0 Å². The first-order chi connectivity index (χ1) is 11.9. The molecule has 1 saturated heterocycles. The van der Waals surface area contributed by atoms with Gasteiger partial charge in [-0.15, -0.1) is 0 Å². The molecular weight excluding hydrogens is 350 g/mol. The lowest BCUT2D eigenvalue weighted by atomic mass is 10.2. The molecule has 1 heterocycles. The summed E-state index contributed by atoms with van der Waals surface area (Å²) in [6, 6.07) is 0. The van der Waals surface area contributed by atoms with Gasteiger partial charge < -0.3 is 25.2 Å². The minimum Gasteiger partial charge on any atom is -0.481 e. The molecule has 0 saturated carbocycles.